The van der Waals surface area contributed by atoms with Crippen molar-refractivity contribution in [3.63, 3.8) is 0 Å². The van der Waals surface area contributed by atoms with Crippen LogP contribution in [0.15, 0.2) is 0 Å². The van der Waals surface area contributed by atoms with Crippen molar-refractivity contribution >= 4 is 15.8 Å². The average molecular weight is 191 g/mol. The Balaban J connectivity index is 2.47. The van der Waals surface area contributed by atoms with Crippen LogP contribution in [-0.4, -0.2) is 25.5 Å². The van der Waals surface area contributed by atoms with Crippen molar-refractivity contribution in [3.8, 4) is 0 Å². The Bertz CT molecular complexity index is 273. The van der Waals surface area contributed by atoms with Gasteiger partial charge in [0.1, 0.15) is 5.78 Å². The van der Waals surface area contributed by atoms with Gasteiger partial charge in [-0.05, 0) is 13.8 Å². The van der Waals surface area contributed by atoms with E-state index in [9.17, 15) is 13.2 Å². The molecule has 0 saturated heterocycles. The maximum absolute atomic E-state index is 11.2. The van der Waals surface area contributed by atoms with E-state index in [1.807, 2.05) is 0 Å². The predicted octanol–water partition coefficient (Wildman–Crippen LogP) is 0.0457. The van der Waals surface area contributed by atoms with Gasteiger partial charge in [0.05, 0.1) is 5.25 Å². The summed E-state index contributed by atoms with van der Waals surface area (Å²) in [6.45, 7) is 3.23. The van der Waals surface area contributed by atoms with Crippen LogP contribution in [-0.2, 0) is 14.8 Å². The van der Waals surface area contributed by atoms with E-state index < -0.39 is 15.3 Å². The molecule has 4 nitrogen and oxygen atoms in total. The van der Waals surface area contributed by atoms with Crippen LogP contribution in [0.4, 0.5) is 0 Å². The fourth-order valence-electron chi connectivity index (χ4n) is 0.942. The molecule has 1 rings (SSSR count). The molecule has 5 heteroatoms. The van der Waals surface area contributed by atoms with Crippen LogP contribution >= 0.6 is 0 Å². The molecule has 0 aromatic rings. The maximum Gasteiger partial charge on any atom is 0.214 e. The first-order valence-electron chi connectivity index (χ1n) is 3.94. The van der Waals surface area contributed by atoms with Gasteiger partial charge >= 0.3 is 0 Å². The second-order valence-electron chi connectivity index (χ2n) is 3.36. The van der Waals surface area contributed by atoms with Crippen LogP contribution < -0.4 is 4.72 Å². The third kappa shape index (κ3) is 2.04. The van der Waals surface area contributed by atoms with E-state index in [1.54, 1.807) is 13.8 Å². The molecule has 0 aliphatic heterocycles. The lowest BCUT2D eigenvalue weighted by atomic mass is 9.93. The van der Waals surface area contributed by atoms with Crippen LogP contribution in [0.25, 0.3) is 0 Å². The Morgan fingerprint density at radius 2 is 1.92 bits per heavy atom. The summed E-state index contributed by atoms with van der Waals surface area (Å²) in [4.78, 5) is 10.5. The van der Waals surface area contributed by atoms with Crippen LogP contribution in [0.5, 0.6) is 0 Å². The fraction of sp³-hybridized carbons (Fsp3) is 0.857. The van der Waals surface area contributed by atoms with Crippen molar-refractivity contribution in [1.82, 2.24) is 4.72 Å². The zero-order valence-corrected chi connectivity index (χ0v) is 8.02. The molecule has 1 saturated carbocycles. The topological polar surface area (TPSA) is 63.2 Å². The SMILES string of the molecule is CC(C)S(=O)(=O)NC1CC(=O)C1. The van der Waals surface area contributed by atoms with Gasteiger partial charge < -0.3 is 0 Å². The number of carbonyl (C=O) groups excluding carboxylic acids is 1. The van der Waals surface area contributed by atoms with Gasteiger partial charge in [-0.25, -0.2) is 13.1 Å². The van der Waals surface area contributed by atoms with E-state index in [0.29, 0.717) is 12.8 Å². The summed E-state index contributed by atoms with van der Waals surface area (Å²) in [5.41, 5.74) is 0. The second kappa shape index (κ2) is 3.14. The molecule has 1 aliphatic rings. The zero-order valence-electron chi connectivity index (χ0n) is 7.20. The van der Waals surface area contributed by atoms with E-state index in [1.165, 1.54) is 0 Å². The molecule has 70 valence electrons. The van der Waals surface area contributed by atoms with Gasteiger partial charge in [-0.2, -0.15) is 0 Å². The molecule has 1 fully saturated rings. The molecule has 12 heavy (non-hydrogen) atoms. The number of Topliss-reactive ketones (excluding diaryl/α,β-unsaturated/α-hetero) is 1. The first kappa shape index (κ1) is 9.67. The smallest absolute Gasteiger partial charge is 0.214 e. The molecule has 0 spiro atoms. The number of hydrogen-bond acceptors (Lipinski definition) is 3. The minimum atomic E-state index is -3.18. The monoisotopic (exact) mass is 191 g/mol. The maximum atomic E-state index is 11.2. The van der Waals surface area contributed by atoms with Gasteiger partial charge in [0, 0.05) is 18.9 Å². The van der Waals surface area contributed by atoms with Gasteiger partial charge in [-0.1, -0.05) is 0 Å². The van der Waals surface area contributed by atoms with Gasteiger partial charge in [-0.15, -0.1) is 0 Å². The number of ketones is 1. The highest BCUT2D eigenvalue weighted by atomic mass is 32.2. The summed E-state index contributed by atoms with van der Waals surface area (Å²) in [5.74, 6) is 0.131. The Morgan fingerprint density at radius 3 is 2.25 bits per heavy atom. The highest BCUT2D eigenvalue weighted by Crippen LogP contribution is 2.15. The molecule has 0 atom stereocenters. The summed E-state index contributed by atoms with van der Waals surface area (Å²) in [6.07, 6.45) is 0.706. The molecule has 0 heterocycles. The van der Waals surface area contributed by atoms with Crippen molar-refractivity contribution in [1.29, 1.82) is 0 Å². The largest absolute Gasteiger partial charge is 0.300 e. The summed E-state index contributed by atoms with van der Waals surface area (Å²) in [7, 11) is -3.18. The predicted molar refractivity (Wildman–Crippen MR) is 45.2 cm³/mol. The van der Waals surface area contributed by atoms with Gasteiger partial charge in [0.15, 0.2) is 0 Å². The van der Waals surface area contributed by atoms with Gasteiger partial charge in [0.25, 0.3) is 0 Å². The molecule has 1 N–H and O–H groups in total. The lowest BCUT2D eigenvalue weighted by molar-refractivity contribution is -0.124. The van der Waals surface area contributed by atoms with Gasteiger partial charge in [-0.3, -0.25) is 4.79 Å². The number of rotatable bonds is 3. The highest BCUT2D eigenvalue weighted by Gasteiger charge is 2.31. The first-order valence-corrected chi connectivity index (χ1v) is 5.49. The Morgan fingerprint density at radius 1 is 1.42 bits per heavy atom. The van der Waals surface area contributed by atoms with Crippen molar-refractivity contribution in [2.75, 3.05) is 0 Å². The number of sulfonamides is 1. The number of hydrogen-bond donors (Lipinski definition) is 1. The average Bonchev–Trinajstić information content (AvgIpc) is 1.83. The molecule has 0 amide bonds. The molecule has 1 aliphatic carbocycles. The molecule has 0 radical (unpaired) electrons. The Labute approximate surface area is 72.4 Å². The lowest BCUT2D eigenvalue weighted by Crippen LogP contribution is -2.46. The van der Waals surface area contributed by atoms with E-state index in [0.717, 1.165) is 0 Å². The quantitative estimate of drug-likeness (QED) is 0.685. The van der Waals surface area contributed by atoms with Crippen LogP contribution in [0.3, 0.4) is 0 Å². The summed E-state index contributed by atoms with van der Waals surface area (Å²) >= 11 is 0. The van der Waals surface area contributed by atoms with Crippen LogP contribution in [0.2, 0.25) is 0 Å². The molecular weight excluding hydrogens is 178 g/mol. The highest BCUT2D eigenvalue weighted by molar-refractivity contribution is 7.90. The van der Waals surface area contributed by atoms with Crippen molar-refractivity contribution in [2.24, 2.45) is 0 Å². The number of nitrogens with one attached hydrogen (secondary N) is 1. The van der Waals surface area contributed by atoms with Crippen molar-refractivity contribution in [2.45, 2.75) is 38.0 Å². The molecule has 0 bridgehead atoms. The summed E-state index contributed by atoms with van der Waals surface area (Å²) < 4.78 is 24.9. The Kier molecular flexibility index (Phi) is 2.53. The zero-order chi connectivity index (χ0) is 9.35. The molecule has 0 aromatic carbocycles. The van der Waals surface area contributed by atoms with E-state index in [-0.39, 0.29) is 11.8 Å². The first-order chi connectivity index (χ1) is 5.42. The summed E-state index contributed by atoms with van der Waals surface area (Å²) in [6, 6.07) is -0.148. The normalized spacial score (nSPS) is 19.8. The third-order valence-corrected chi connectivity index (χ3v) is 3.80. The van der Waals surface area contributed by atoms with Crippen LogP contribution in [0, 0.1) is 0 Å². The summed E-state index contributed by atoms with van der Waals surface area (Å²) in [5, 5.41) is -0.423. The second-order valence-corrected chi connectivity index (χ2v) is 5.62. The minimum absolute atomic E-state index is 0.131. The number of carbonyl (C=O) groups is 1. The van der Waals surface area contributed by atoms with Gasteiger partial charge in [0.2, 0.25) is 10.0 Å². The Hall–Kier alpha value is -0.420. The van der Waals surface area contributed by atoms with Crippen LogP contribution in [0.1, 0.15) is 26.7 Å². The molecular formula is C7H13NO3S. The van der Waals surface area contributed by atoms with E-state index in [4.69, 9.17) is 0 Å². The van der Waals surface area contributed by atoms with E-state index >= 15 is 0 Å². The fourth-order valence-corrected chi connectivity index (χ4v) is 1.85. The van der Waals surface area contributed by atoms with E-state index in [2.05, 4.69) is 4.72 Å². The molecule has 0 unspecified atom stereocenters. The standard InChI is InChI=1S/C7H13NO3S/c1-5(2)12(10,11)8-6-3-7(9)4-6/h5-6,8H,3-4H2,1-2H3. The minimum Gasteiger partial charge on any atom is -0.300 e. The molecule has 0 aromatic heterocycles. The third-order valence-electron chi connectivity index (χ3n) is 1.90. The van der Waals surface area contributed by atoms with Crippen molar-refractivity contribution < 1.29 is 13.2 Å². The lowest BCUT2D eigenvalue weighted by Gasteiger charge is -2.25. The van der Waals surface area contributed by atoms with Crippen molar-refractivity contribution in [3.05, 3.63) is 0 Å².